The van der Waals surface area contributed by atoms with Crippen LogP contribution in [0.15, 0.2) is 23.2 Å². The topological polar surface area (TPSA) is 39.7 Å². The fourth-order valence-corrected chi connectivity index (χ4v) is 4.43. The van der Waals surface area contributed by atoms with Gasteiger partial charge in [0.05, 0.1) is 0 Å². The first-order chi connectivity index (χ1) is 13.6. The number of guanidine groups is 1. The molecule has 1 aromatic carbocycles. The van der Waals surface area contributed by atoms with Gasteiger partial charge >= 0.3 is 0 Å². The Morgan fingerprint density at radius 3 is 2.41 bits per heavy atom. The van der Waals surface area contributed by atoms with Crippen molar-refractivity contribution >= 4 is 29.9 Å². The number of piperidine rings is 1. The van der Waals surface area contributed by atoms with Gasteiger partial charge in [0.1, 0.15) is 0 Å². The smallest absolute Gasteiger partial charge is 0.191 e. The lowest BCUT2D eigenvalue weighted by Crippen LogP contribution is -2.51. The molecule has 0 spiro atoms. The van der Waals surface area contributed by atoms with Crippen molar-refractivity contribution in [2.75, 3.05) is 26.7 Å². The summed E-state index contributed by atoms with van der Waals surface area (Å²) in [6, 6.07) is 5.34. The highest BCUT2D eigenvalue weighted by molar-refractivity contribution is 14.0. The summed E-state index contributed by atoms with van der Waals surface area (Å²) in [7, 11) is 1.77. The molecule has 1 saturated heterocycles. The molecule has 0 radical (unpaired) electrons. The van der Waals surface area contributed by atoms with Gasteiger partial charge in [0.2, 0.25) is 0 Å². The molecule has 1 aliphatic carbocycles. The summed E-state index contributed by atoms with van der Waals surface area (Å²) < 4.78 is 26.6. The molecular formula is C22H35F2IN4. The molecular weight excluding hydrogens is 485 g/mol. The Balaban J connectivity index is 0.00000300. The molecule has 1 atom stereocenters. The maximum Gasteiger partial charge on any atom is 0.191 e. The normalized spacial score (nSPS) is 20.8. The Bertz CT molecular complexity index is 656. The second kappa shape index (κ2) is 12.0. The van der Waals surface area contributed by atoms with E-state index in [1.807, 2.05) is 6.92 Å². The van der Waals surface area contributed by atoms with E-state index in [0.29, 0.717) is 12.6 Å². The first kappa shape index (κ1) is 24.3. The fourth-order valence-electron chi connectivity index (χ4n) is 4.43. The van der Waals surface area contributed by atoms with Crippen molar-refractivity contribution in [3.63, 3.8) is 0 Å². The van der Waals surface area contributed by atoms with E-state index in [9.17, 15) is 8.78 Å². The highest BCUT2D eigenvalue weighted by Gasteiger charge is 2.26. The Hall–Kier alpha value is -0.960. The third-order valence-electron chi connectivity index (χ3n) is 6.27. The molecule has 4 nitrogen and oxygen atoms in total. The van der Waals surface area contributed by atoms with Gasteiger partial charge in [0, 0.05) is 38.8 Å². The molecule has 1 heterocycles. The molecule has 29 heavy (non-hydrogen) atoms. The van der Waals surface area contributed by atoms with Crippen molar-refractivity contribution in [2.45, 2.75) is 69.9 Å². The number of benzene rings is 1. The average molecular weight is 520 g/mol. The van der Waals surface area contributed by atoms with Gasteiger partial charge in [-0.3, -0.25) is 4.99 Å². The van der Waals surface area contributed by atoms with Crippen molar-refractivity contribution in [1.29, 1.82) is 0 Å². The standard InChI is InChI=1S/C22H34F2N4.HI/c1-16(17-8-9-20(23)21(24)14-17)15-26-22(25-2)27-18-10-12-28(13-11-18)19-6-4-3-5-7-19;/h8-9,14,16,18-19H,3-7,10-13,15H2,1-2H3,(H2,25,26,27);1H. The lowest BCUT2D eigenvalue weighted by molar-refractivity contribution is 0.119. The van der Waals surface area contributed by atoms with E-state index in [-0.39, 0.29) is 29.9 Å². The summed E-state index contributed by atoms with van der Waals surface area (Å²) in [6.45, 7) is 4.93. The van der Waals surface area contributed by atoms with Crippen molar-refractivity contribution in [3.05, 3.63) is 35.4 Å². The predicted molar refractivity (Wildman–Crippen MR) is 126 cm³/mol. The molecule has 1 saturated carbocycles. The van der Waals surface area contributed by atoms with Crippen LogP contribution >= 0.6 is 24.0 Å². The molecule has 3 rings (SSSR count). The Morgan fingerprint density at radius 2 is 1.79 bits per heavy atom. The minimum absolute atomic E-state index is 0. The highest BCUT2D eigenvalue weighted by atomic mass is 127. The van der Waals surface area contributed by atoms with Gasteiger partial charge < -0.3 is 15.5 Å². The van der Waals surface area contributed by atoms with Gasteiger partial charge in [0.15, 0.2) is 17.6 Å². The number of hydrogen-bond donors (Lipinski definition) is 2. The van der Waals surface area contributed by atoms with Gasteiger partial charge in [-0.25, -0.2) is 8.78 Å². The summed E-state index contributed by atoms with van der Waals surface area (Å²) in [5, 5.41) is 6.87. The molecule has 1 aromatic rings. The van der Waals surface area contributed by atoms with Crippen LogP contribution in [0.3, 0.4) is 0 Å². The van der Waals surface area contributed by atoms with Crippen molar-refractivity contribution in [3.8, 4) is 0 Å². The van der Waals surface area contributed by atoms with Crippen LogP contribution in [0.5, 0.6) is 0 Å². The number of nitrogens with one attached hydrogen (secondary N) is 2. The van der Waals surface area contributed by atoms with E-state index in [4.69, 9.17) is 0 Å². The lowest BCUT2D eigenvalue weighted by Gasteiger charge is -2.39. The van der Waals surface area contributed by atoms with Crippen LogP contribution in [0.1, 0.15) is 63.4 Å². The molecule has 164 valence electrons. The quantitative estimate of drug-likeness (QED) is 0.338. The Kier molecular flexibility index (Phi) is 10.1. The van der Waals surface area contributed by atoms with Crippen LogP contribution in [-0.4, -0.2) is 49.6 Å². The summed E-state index contributed by atoms with van der Waals surface area (Å²) in [6.07, 6.45) is 9.17. The van der Waals surface area contributed by atoms with Crippen LogP contribution in [-0.2, 0) is 0 Å². The zero-order valence-electron chi connectivity index (χ0n) is 17.6. The number of halogens is 3. The average Bonchev–Trinajstić information content (AvgIpc) is 2.74. The highest BCUT2D eigenvalue weighted by Crippen LogP contribution is 2.25. The van der Waals surface area contributed by atoms with E-state index in [1.165, 1.54) is 44.2 Å². The Morgan fingerprint density at radius 1 is 1.10 bits per heavy atom. The molecule has 2 fully saturated rings. The number of likely N-dealkylation sites (tertiary alicyclic amines) is 1. The number of hydrogen-bond acceptors (Lipinski definition) is 2. The van der Waals surface area contributed by atoms with E-state index >= 15 is 0 Å². The molecule has 0 bridgehead atoms. The van der Waals surface area contributed by atoms with E-state index in [2.05, 4.69) is 20.5 Å². The van der Waals surface area contributed by atoms with E-state index < -0.39 is 11.6 Å². The minimum atomic E-state index is -0.805. The molecule has 1 aliphatic heterocycles. The molecule has 0 amide bonds. The fraction of sp³-hybridized carbons (Fsp3) is 0.682. The van der Waals surface area contributed by atoms with Gasteiger partial charge in [-0.1, -0.05) is 32.3 Å². The zero-order valence-corrected chi connectivity index (χ0v) is 19.9. The van der Waals surface area contributed by atoms with Crippen LogP contribution in [0.25, 0.3) is 0 Å². The van der Waals surface area contributed by atoms with Gasteiger partial charge in [-0.2, -0.15) is 0 Å². The first-order valence-corrected chi connectivity index (χ1v) is 10.7. The van der Waals surface area contributed by atoms with E-state index in [1.54, 1.807) is 13.1 Å². The number of nitrogens with zero attached hydrogens (tertiary/aromatic N) is 2. The predicted octanol–water partition coefficient (Wildman–Crippen LogP) is 4.65. The number of rotatable bonds is 5. The summed E-state index contributed by atoms with van der Waals surface area (Å²) >= 11 is 0. The SMILES string of the molecule is CN=C(NCC(C)c1ccc(F)c(F)c1)NC1CCN(C2CCCCC2)CC1.I. The molecule has 2 N–H and O–H groups in total. The van der Waals surface area contributed by atoms with Crippen molar-refractivity contribution < 1.29 is 8.78 Å². The maximum absolute atomic E-state index is 13.4. The van der Waals surface area contributed by atoms with Gasteiger partial charge in [-0.05, 0) is 49.3 Å². The maximum atomic E-state index is 13.4. The van der Waals surface area contributed by atoms with Crippen molar-refractivity contribution in [2.24, 2.45) is 4.99 Å². The summed E-state index contributed by atoms with van der Waals surface area (Å²) in [4.78, 5) is 7.01. The Labute approximate surface area is 190 Å². The third-order valence-corrected chi connectivity index (χ3v) is 6.27. The van der Waals surface area contributed by atoms with E-state index in [0.717, 1.165) is 43.5 Å². The zero-order chi connectivity index (χ0) is 19.9. The third kappa shape index (κ3) is 7.05. The first-order valence-electron chi connectivity index (χ1n) is 10.7. The van der Waals surface area contributed by atoms with Gasteiger partial charge in [0.25, 0.3) is 0 Å². The lowest BCUT2D eigenvalue weighted by atomic mass is 9.92. The van der Waals surface area contributed by atoms with Crippen molar-refractivity contribution in [1.82, 2.24) is 15.5 Å². The molecule has 2 aliphatic rings. The second-order valence-electron chi connectivity index (χ2n) is 8.27. The number of aliphatic imine (C=N–C) groups is 1. The molecule has 0 aromatic heterocycles. The van der Waals surface area contributed by atoms with Gasteiger partial charge in [-0.15, -0.1) is 24.0 Å². The molecule has 1 unspecified atom stereocenters. The van der Waals surface area contributed by atoms with Crippen LogP contribution < -0.4 is 10.6 Å². The van der Waals surface area contributed by atoms with Crippen LogP contribution in [0, 0.1) is 11.6 Å². The monoisotopic (exact) mass is 520 g/mol. The minimum Gasteiger partial charge on any atom is -0.356 e. The summed E-state index contributed by atoms with van der Waals surface area (Å²) in [5.41, 5.74) is 0.780. The van der Waals surface area contributed by atoms with Crippen LogP contribution in [0.2, 0.25) is 0 Å². The summed E-state index contributed by atoms with van der Waals surface area (Å²) in [5.74, 6) is -0.759. The van der Waals surface area contributed by atoms with Crippen LogP contribution in [0.4, 0.5) is 8.78 Å². The largest absolute Gasteiger partial charge is 0.356 e. The second-order valence-corrected chi connectivity index (χ2v) is 8.27. The molecule has 7 heteroatoms.